The topological polar surface area (TPSA) is 32.3 Å². The number of likely N-dealkylation sites (N-methyl/N-ethyl adjacent to an activating group) is 1. The number of rotatable bonds is 3. The zero-order valence-corrected chi connectivity index (χ0v) is 7.65. The molecule has 0 aromatic heterocycles. The van der Waals surface area contributed by atoms with Gasteiger partial charge in [-0.15, -0.1) is 0 Å². The highest BCUT2D eigenvalue weighted by molar-refractivity contribution is 4.53. The molecule has 2 N–H and O–H groups in total. The maximum absolute atomic E-state index is 8.40. The first-order valence-electron chi connectivity index (χ1n) is 4.07. The molecule has 2 heteroatoms. The fourth-order valence-corrected chi connectivity index (χ4v) is 0.413. The number of hydrogen-bond acceptors (Lipinski definition) is 2. The van der Waals surface area contributed by atoms with Crippen LogP contribution < -0.4 is 5.32 Å². The molecule has 0 heterocycles. The number of aliphatic hydroxyl groups is 1. The molecule has 0 amide bonds. The van der Waals surface area contributed by atoms with Crippen molar-refractivity contribution in [3.63, 3.8) is 0 Å². The minimum atomic E-state index is 0.230. The van der Waals surface area contributed by atoms with Crippen molar-refractivity contribution in [2.75, 3.05) is 13.2 Å². The highest BCUT2D eigenvalue weighted by Crippen LogP contribution is 1.73. The molecule has 0 aliphatic rings. The lowest BCUT2D eigenvalue weighted by Gasteiger charge is -2.05. The highest BCUT2D eigenvalue weighted by Gasteiger charge is 1.91. The van der Waals surface area contributed by atoms with Crippen molar-refractivity contribution in [2.24, 2.45) is 0 Å². The minimum absolute atomic E-state index is 0.230. The van der Waals surface area contributed by atoms with Gasteiger partial charge in [0, 0.05) is 6.04 Å². The van der Waals surface area contributed by atoms with E-state index in [1.807, 2.05) is 13.8 Å². The van der Waals surface area contributed by atoms with E-state index in [1.54, 1.807) is 0 Å². The van der Waals surface area contributed by atoms with Gasteiger partial charge in [-0.25, -0.2) is 0 Å². The van der Waals surface area contributed by atoms with Gasteiger partial charge in [-0.05, 0) is 13.5 Å². The quantitative estimate of drug-likeness (QED) is 0.632. The second kappa shape index (κ2) is 11.7. The Morgan fingerprint density at radius 1 is 1.30 bits per heavy atom. The van der Waals surface area contributed by atoms with E-state index in [9.17, 15) is 0 Å². The molecule has 1 atom stereocenters. The summed E-state index contributed by atoms with van der Waals surface area (Å²) in [6, 6.07) is 0.255. The van der Waals surface area contributed by atoms with Crippen LogP contribution in [-0.2, 0) is 0 Å². The Balaban J connectivity index is 0. The number of hydrogen-bond donors (Lipinski definition) is 2. The van der Waals surface area contributed by atoms with Crippen molar-refractivity contribution in [3.8, 4) is 0 Å². The largest absolute Gasteiger partial charge is 0.395 e. The molecule has 2 nitrogen and oxygen atoms in total. The summed E-state index contributed by atoms with van der Waals surface area (Å²) < 4.78 is 0. The molecule has 0 spiro atoms. The van der Waals surface area contributed by atoms with Crippen LogP contribution in [0.1, 0.15) is 34.1 Å². The molecule has 0 bridgehead atoms. The third-order valence-corrected chi connectivity index (χ3v) is 0.826. The third-order valence-electron chi connectivity index (χ3n) is 0.826. The molecule has 64 valence electrons. The van der Waals surface area contributed by atoms with Crippen LogP contribution in [0.3, 0.4) is 0 Å². The second-order valence-electron chi connectivity index (χ2n) is 2.35. The summed E-state index contributed by atoms with van der Waals surface area (Å²) >= 11 is 0. The van der Waals surface area contributed by atoms with Crippen molar-refractivity contribution in [3.05, 3.63) is 0 Å². The van der Waals surface area contributed by atoms with Gasteiger partial charge < -0.3 is 10.4 Å². The fraction of sp³-hybridized carbons (Fsp3) is 1.00. The Hall–Kier alpha value is -0.0800. The van der Waals surface area contributed by atoms with E-state index in [1.165, 1.54) is 6.42 Å². The van der Waals surface area contributed by atoms with Gasteiger partial charge in [0.1, 0.15) is 0 Å². The smallest absolute Gasteiger partial charge is 0.0581 e. The summed E-state index contributed by atoms with van der Waals surface area (Å²) in [7, 11) is 0. The van der Waals surface area contributed by atoms with Crippen molar-refractivity contribution >= 4 is 0 Å². The van der Waals surface area contributed by atoms with Gasteiger partial charge in [0.25, 0.3) is 0 Å². The molecule has 0 fully saturated rings. The predicted molar refractivity (Wildman–Crippen MR) is 46.2 cm³/mol. The lowest BCUT2D eigenvalue weighted by molar-refractivity contribution is 0.253. The van der Waals surface area contributed by atoms with Crippen LogP contribution in [0.2, 0.25) is 0 Å². The van der Waals surface area contributed by atoms with Gasteiger partial charge in [0.2, 0.25) is 0 Å². The Morgan fingerprint density at radius 3 is 1.80 bits per heavy atom. The van der Waals surface area contributed by atoms with Gasteiger partial charge in [0.15, 0.2) is 0 Å². The Labute approximate surface area is 64.6 Å². The zero-order valence-electron chi connectivity index (χ0n) is 7.65. The summed E-state index contributed by atoms with van der Waals surface area (Å²) in [5, 5.41) is 11.4. The number of aliphatic hydroxyl groups excluding tert-OH is 1. The van der Waals surface area contributed by atoms with Crippen LogP contribution in [-0.4, -0.2) is 24.3 Å². The van der Waals surface area contributed by atoms with Crippen LogP contribution >= 0.6 is 0 Å². The summed E-state index contributed by atoms with van der Waals surface area (Å²) in [4.78, 5) is 0. The molecule has 0 aliphatic carbocycles. The molecule has 0 aliphatic heterocycles. The summed E-state index contributed by atoms with van der Waals surface area (Å²) in [6.45, 7) is 9.38. The molecule has 0 aromatic rings. The first-order valence-corrected chi connectivity index (χ1v) is 4.07. The van der Waals surface area contributed by atoms with Crippen LogP contribution in [0.5, 0.6) is 0 Å². The Kier molecular flexibility index (Phi) is 14.7. The molecule has 0 saturated heterocycles. The highest BCUT2D eigenvalue weighted by atomic mass is 16.3. The Morgan fingerprint density at radius 2 is 1.70 bits per heavy atom. The predicted octanol–water partition coefficient (Wildman–Crippen LogP) is 1.39. The SMILES string of the molecule is CCC.CCNC(C)CO. The third kappa shape index (κ3) is 15.7. The van der Waals surface area contributed by atoms with Crippen LogP contribution in [0.15, 0.2) is 0 Å². The maximum atomic E-state index is 8.40. The van der Waals surface area contributed by atoms with E-state index in [2.05, 4.69) is 19.2 Å². The molecule has 0 rings (SSSR count). The monoisotopic (exact) mass is 147 g/mol. The lowest BCUT2D eigenvalue weighted by Crippen LogP contribution is -2.28. The normalized spacial score (nSPS) is 11.7. The molecule has 0 radical (unpaired) electrons. The molecular weight excluding hydrogens is 126 g/mol. The van der Waals surface area contributed by atoms with Gasteiger partial charge in [-0.3, -0.25) is 0 Å². The minimum Gasteiger partial charge on any atom is -0.395 e. The van der Waals surface area contributed by atoms with E-state index < -0.39 is 0 Å². The lowest BCUT2D eigenvalue weighted by atomic mass is 10.4. The van der Waals surface area contributed by atoms with Gasteiger partial charge in [-0.2, -0.15) is 0 Å². The molecule has 0 aromatic carbocycles. The average molecular weight is 147 g/mol. The van der Waals surface area contributed by atoms with Crippen molar-refractivity contribution in [2.45, 2.75) is 40.2 Å². The average Bonchev–Trinajstić information content (AvgIpc) is 1.90. The van der Waals surface area contributed by atoms with Crippen LogP contribution in [0, 0.1) is 0 Å². The van der Waals surface area contributed by atoms with Crippen LogP contribution in [0.4, 0.5) is 0 Å². The fourth-order valence-electron chi connectivity index (χ4n) is 0.413. The van der Waals surface area contributed by atoms with Crippen molar-refractivity contribution < 1.29 is 5.11 Å². The standard InChI is InChI=1S/C5H13NO.C3H8/c1-3-6-5(2)4-7;1-3-2/h5-7H,3-4H2,1-2H3;3H2,1-2H3. The summed E-state index contributed by atoms with van der Waals surface area (Å²) in [6.07, 6.45) is 1.25. The van der Waals surface area contributed by atoms with E-state index in [0.29, 0.717) is 0 Å². The molecule has 1 unspecified atom stereocenters. The van der Waals surface area contributed by atoms with E-state index >= 15 is 0 Å². The van der Waals surface area contributed by atoms with E-state index in [4.69, 9.17) is 5.11 Å². The second-order valence-corrected chi connectivity index (χ2v) is 2.35. The van der Waals surface area contributed by atoms with Crippen molar-refractivity contribution in [1.29, 1.82) is 0 Å². The molecule has 0 saturated carbocycles. The van der Waals surface area contributed by atoms with Gasteiger partial charge >= 0.3 is 0 Å². The summed E-state index contributed by atoms with van der Waals surface area (Å²) in [5.41, 5.74) is 0. The van der Waals surface area contributed by atoms with Crippen LogP contribution in [0.25, 0.3) is 0 Å². The van der Waals surface area contributed by atoms with E-state index in [-0.39, 0.29) is 12.6 Å². The molecule has 10 heavy (non-hydrogen) atoms. The zero-order chi connectivity index (χ0) is 8.41. The van der Waals surface area contributed by atoms with E-state index in [0.717, 1.165) is 6.54 Å². The first kappa shape index (κ1) is 12.6. The van der Waals surface area contributed by atoms with Gasteiger partial charge in [0.05, 0.1) is 6.61 Å². The van der Waals surface area contributed by atoms with Gasteiger partial charge in [-0.1, -0.05) is 27.2 Å². The molecular formula is C8H21NO. The van der Waals surface area contributed by atoms with Crippen molar-refractivity contribution in [1.82, 2.24) is 5.32 Å². The summed E-state index contributed by atoms with van der Waals surface area (Å²) in [5.74, 6) is 0. The number of nitrogens with one attached hydrogen (secondary N) is 1. The Bertz CT molecular complexity index is 48.5. The first-order chi connectivity index (χ1) is 4.72. The maximum Gasteiger partial charge on any atom is 0.0581 e.